The van der Waals surface area contributed by atoms with Gasteiger partial charge in [-0.2, -0.15) is 0 Å². The highest BCUT2D eigenvalue weighted by Crippen LogP contribution is 2.60. The molecule has 0 unspecified atom stereocenters. The largest absolute Gasteiger partial charge is 0.491 e. The Morgan fingerprint density at radius 2 is 0.533 bits per heavy atom. The number of hydrogen-bond acceptors (Lipinski definition) is 23. The fourth-order valence-corrected chi connectivity index (χ4v) is 33.2. The minimum atomic E-state index is -1.80. The van der Waals surface area contributed by atoms with Gasteiger partial charge in [0.2, 0.25) is 0 Å². The van der Waals surface area contributed by atoms with E-state index in [0.29, 0.717) is 150 Å². The summed E-state index contributed by atoms with van der Waals surface area (Å²) in [6, 6.07) is 57.1. The van der Waals surface area contributed by atoms with Crippen LogP contribution in [0.25, 0.3) is 57.8 Å². The number of benzene rings is 5. The second-order valence-electron chi connectivity index (χ2n) is 37.5. The van der Waals surface area contributed by atoms with Gasteiger partial charge in [0.25, 0.3) is 0 Å². The molecule has 135 heavy (non-hydrogen) atoms. The quantitative estimate of drug-likeness (QED) is 0.0159. The fraction of sp³-hybridized carbons (Fsp3) is 0.439. The van der Waals surface area contributed by atoms with E-state index in [1.54, 1.807) is 74.9 Å². The molecule has 13 rings (SSSR count). The number of Topliss-reactive ketones (excluding diaryl/α,β-unsaturated/α-hetero) is 1. The Hall–Kier alpha value is -6.57. The van der Waals surface area contributed by atoms with Gasteiger partial charge in [-0.05, 0) is 183 Å². The molecule has 28 heteroatoms. The molecule has 13 aromatic rings. The predicted molar refractivity (Wildman–Crippen MR) is 591 cm³/mol. The Kier molecular flexibility index (Phi) is 41.7. The van der Waals surface area contributed by atoms with Crippen LogP contribution in [0.15, 0.2) is 174 Å². The van der Waals surface area contributed by atoms with E-state index in [-0.39, 0.29) is 11.8 Å². The van der Waals surface area contributed by atoms with Gasteiger partial charge in [-0.1, -0.05) is 234 Å². The Labute approximate surface area is 846 Å². The summed E-state index contributed by atoms with van der Waals surface area (Å²) in [5.41, 5.74) is 2.09. The average molecular weight is 2110 g/mol. The number of carbonyl (C=O) groups is 2. The van der Waals surface area contributed by atoms with Crippen LogP contribution in [0.4, 0.5) is 0 Å². The summed E-state index contributed by atoms with van der Waals surface area (Å²) >= 11 is 17.0. The highest BCUT2D eigenvalue weighted by molar-refractivity contribution is 9.10. The number of ether oxygens (including phenoxy) is 11. The van der Waals surface area contributed by atoms with Crippen LogP contribution in [0.1, 0.15) is 167 Å². The summed E-state index contributed by atoms with van der Waals surface area (Å²) in [5, 5.41) is 29.3. The molecular formula is C107H139BrO15S8Si4. The average Bonchev–Trinajstić information content (AvgIpc) is 1.53. The number of rotatable bonds is 52. The fourth-order valence-electron chi connectivity index (χ4n) is 14.8. The van der Waals surface area contributed by atoms with Gasteiger partial charge in [-0.15, -0.1) is 90.7 Å². The van der Waals surface area contributed by atoms with Crippen LogP contribution in [0.5, 0.6) is 28.7 Å². The number of halogens is 1. The van der Waals surface area contributed by atoms with Gasteiger partial charge in [0.1, 0.15) is 73.0 Å². The van der Waals surface area contributed by atoms with Crippen LogP contribution in [0, 0.1) is 0 Å². The van der Waals surface area contributed by atoms with Crippen LogP contribution >= 0.6 is 107 Å². The maximum atomic E-state index is 14.6. The number of ketones is 1. The third-order valence-corrected chi connectivity index (χ3v) is 47.6. The van der Waals surface area contributed by atoms with Crippen molar-refractivity contribution in [3.63, 3.8) is 0 Å². The first-order chi connectivity index (χ1) is 64.7. The number of unbranched alkanes of at least 4 members (excludes halogenated alkanes) is 5. The smallest absolute Gasteiger partial charge is 0.341 e. The van der Waals surface area contributed by atoms with Crippen molar-refractivity contribution in [2.45, 2.75) is 202 Å². The van der Waals surface area contributed by atoms with Crippen molar-refractivity contribution in [1.82, 2.24) is 0 Å². The van der Waals surface area contributed by atoms with E-state index in [9.17, 15) is 19.8 Å². The molecule has 0 amide bonds. The van der Waals surface area contributed by atoms with Gasteiger partial charge in [0, 0.05) is 68.1 Å². The molecule has 0 aliphatic rings. The first kappa shape index (κ1) is 109. The van der Waals surface area contributed by atoms with Crippen LogP contribution in [-0.4, -0.2) is 160 Å². The van der Waals surface area contributed by atoms with Crippen LogP contribution in [-0.2, 0) is 39.6 Å². The van der Waals surface area contributed by atoms with E-state index in [4.69, 9.17) is 52.1 Å². The van der Waals surface area contributed by atoms with Crippen LogP contribution in [0.2, 0.25) is 78.6 Å². The van der Waals surface area contributed by atoms with Crippen molar-refractivity contribution < 1.29 is 71.9 Å². The molecule has 8 heterocycles. The number of aliphatic hydroxyl groups is 2. The first-order valence-corrected chi connectivity index (χ1v) is 69.0. The molecule has 15 nitrogen and oxygen atoms in total. The molecule has 0 aliphatic carbocycles. The summed E-state index contributed by atoms with van der Waals surface area (Å²) in [6.45, 7) is 51.3. The lowest BCUT2D eigenvalue weighted by atomic mass is 9.78. The summed E-state index contributed by atoms with van der Waals surface area (Å²) in [4.78, 5) is 34.2. The molecule has 8 aromatic heterocycles. The number of thiophene rings is 8. The minimum Gasteiger partial charge on any atom is -0.491 e. The van der Waals surface area contributed by atoms with E-state index in [2.05, 4.69) is 178 Å². The third-order valence-electron chi connectivity index (χ3n) is 22.5. The van der Waals surface area contributed by atoms with Crippen molar-refractivity contribution in [1.29, 1.82) is 0 Å². The van der Waals surface area contributed by atoms with Crippen LogP contribution < -0.4 is 41.7 Å². The first-order valence-electron chi connectivity index (χ1n) is 47.6. The zero-order valence-electron chi connectivity index (χ0n) is 82.4. The maximum absolute atomic E-state index is 14.6. The molecule has 0 saturated heterocycles. The zero-order chi connectivity index (χ0) is 97.1. The Morgan fingerprint density at radius 1 is 0.296 bits per heavy atom. The summed E-state index contributed by atoms with van der Waals surface area (Å²) in [5.74, 6) is 3.36. The summed E-state index contributed by atoms with van der Waals surface area (Å²) < 4.78 is 75.0. The molecule has 0 radical (unpaired) electrons. The van der Waals surface area contributed by atoms with Crippen molar-refractivity contribution in [2.24, 2.45) is 0 Å². The molecule has 0 bridgehead atoms. The Bertz CT molecular complexity index is 5480. The lowest BCUT2D eigenvalue weighted by molar-refractivity contribution is 0.0530. The lowest BCUT2D eigenvalue weighted by Crippen LogP contribution is -2.34. The van der Waals surface area contributed by atoms with E-state index < -0.39 is 43.5 Å². The van der Waals surface area contributed by atoms with Crippen LogP contribution in [0.3, 0.4) is 0 Å². The number of fused-ring (bicyclic) bond motifs is 2. The highest BCUT2D eigenvalue weighted by Gasteiger charge is 2.46. The monoisotopic (exact) mass is 2110 g/mol. The zero-order valence-corrected chi connectivity index (χ0v) is 94.5. The molecular weight excluding hydrogens is 1970 g/mol. The van der Waals surface area contributed by atoms with E-state index in [0.717, 1.165) is 149 Å². The summed E-state index contributed by atoms with van der Waals surface area (Å²) in [7, 11) is -6.52. The predicted octanol–water partition coefficient (Wildman–Crippen LogP) is 28.4. The van der Waals surface area contributed by atoms with Crippen molar-refractivity contribution in [3.05, 3.63) is 219 Å². The van der Waals surface area contributed by atoms with E-state index in [1.165, 1.54) is 24.4 Å². The second kappa shape index (κ2) is 51.7. The Morgan fingerprint density at radius 3 is 0.770 bits per heavy atom. The van der Waals surface area contributed by atoms with Crippen molar-refractivity contribution >= 4 is 187 Å². The molecule has 0 spiro atoms. The molecule has 0 saturated carbocycles. The van der Waals surface area contributed by atoms with Gasteiger partial charge in [-0.3, -0.25) is 4.79 Å². The summed E-state index contributed by atoms with van der Waals surface area (Å²) in [6.07, 6.45) is 10.6. The third kappa shape index (κ3) is 29.1. The topological polar surface area (TPSA) is 176 Å². The molecule has 728 valence electrons. The molecule has 0 fully saturated rings. The van der Waals surface area contributed by atoms with Gasteiger partial charge in [-0.25, -0.2) is 4.79 Å². The second-order valence-corrected chi connectivity index (χ2v) is 68.5. The maximum Gasteiger partial charge on any atom is 0.341 e. The van der Waals surface area contributed by atoms with E-state index in [1.807, 2.05) is 151 Å². The lowest BCUT2D eigenvalue weighted by Gasteiger charge is -2.31. The van der Waals surface area contributed by atoms with Crippen molar-refractivity contribution in [3.8, 4) is 67.8 Å². The molecule has 0 atom stereocenters. The highest BCUT2D eigenvalue weighted by atomic mass is 79.9. The van der Waals surface area contributed by atoms with Gasteiger partial charge in [0.15, 0.2) is 5.78 Å². The van der Waals surface area contributed by atoms with Gasteiger partial charge >= 0.3 is 5.97 Å². The SMILES string of the molecule is CCCCOCCOc1ccc(Br)cc1.CCCCOCCOc1ccc(C(O)(c2ccc(OCCOCCCC)cc2)c2c(-c3ccc([Si](C)(C)C)s3)sc3c(C(O)(c4ccc(OCCOCCCC)cc4)c4ccc(OCCOCCCC)cc4)c(-c4ccc([Si](C)(C)C)s4)sc23)cc1.CCOC(=O)c1c(-c2ccc([Si](C)(C)C)s2)sc2c(C(C)=O)c(-c3ccc([Si](C)(C)C)s3)sc12. The Balaban J connectivity index is 0.000000289. The standard InChI is InChI=1S/C70H92O10S4Si2.C25H30O3S4Si2.C12H17BrO2/c1-11-15-39-73-43-47-77-55-27-19-51(20-28-55)69(71,52-21-29-56(30-22-52)78-48-44-74-40-16-12-2)63-65(59-35-37-61(81-59)85(5,6)7)83-68-64(66(84-67(63)68)60-36-38-62(82-60)86(8,9)10)70(72,53-23-31-57(32-24-53)79-49-45-75-41-17-13-3)54-25-33-58(34-26-54)80-50-46-76-42-18-14-4;1-9-28-25(27)20-22(16-11-13-18(30-16)34(6,7)8)32-23-19(14(2)26)21(31-24(20)23)15-10-12-17(29-15)33(3,4)5;1-2-3-8-14-9-10-15-12-6-4-11(13)5-7-12/h19-38,71-72H,11-18,39-50H2,1-10H3;10-13H,9H2,1-8H3;4-7H,2-3,8-10H2,1H3. The molecule has 5 aromatic carbocycles. The van der Waals surface area contributed by atoms with Gasteiger partial charge in [0.05, 0.1) is 121 Å². The number of hydrogen-bond donors (Lipinski definition) is 2. The molecule has 2 N–H and O–H groups in total. The number of carbonyl (C=O) groups excluding carboxylic acids is 2. The van der Waals surface area contributed by atoms with E-state index >= 15 is 0 Å². The van der Waals surface area contributed by atoms with Crippen molar-refractivity contribution in [2.75, 3.05) is 106 Å². The number of esters is 1. The minimum absolute atomic E-state index is 0.0429. The molecule has 0 aliphatic heterocycles. The normalized spacial score (nSPS) is 12.2. The van der Waals surface area contributed by atoms with Gasteiger partial charge < -0.3 is 62.3 Å².